The number of ether oxygens (including phenoxy) is 2. The molecule has 0 bridgehead atoms. The smallest absolute Gasteiger partial charge is 0.462 e. The van der Waals surface area contributed by atoms with Crippen molar-refractivity contribution in [2.24, 2.45) is 5.73 Å². The fourth-order valence-corrected chi connectivity index (χ4v) is 3.80. The number of aromatic amines is 1. The molecule has 2 heterocycles. The highest BCUT2D eigenvalue weighted by Crippen LogP contribution is 2.41. The van der Waals surface area contributed by atoms with Crippen molar-refractivity contribution in [2.75, 3.05) is 0 Å². The molecule has 1 aliphatic rings. The normalized spacial score (nSPS) is 26.6. The SMILES string of the molecule is [B]C([B])(O[P+](=O)N[C@@H](C)C(=O)OC(C)C)C1O[C@@H](n2cc(F)c(=O)[nH]c2=O)C(N)(C#C)[C@H]1O. The first-order valence-electron chi connectivity index (χ1n) is 9.46. The van der Waals surface area contributed by atoms with Gasteiger partial charge in [0.05, 0.1) is 17.7 Å². The number of terminal acetylenes is 1. The number of hydrogen-bond donors (Lipinski definition) is 4. The number of carbonyl (C=O) groups excluding carboxylic acids is 1. The molecule has 12 nitrogen and oxygen atoms in total. The number of hydrogen-bond acceptors (Lipinski definition) is 9. The number of aliphatic hydroxyl groups excluding tert-OH is 1. The molecule has 174 valence electrons. The molecule has 0 spiro atoms. The van der Waals surface area contributed by atoms with Crippen LogP contribution in [-0.2, 0) is 23.4 Å². The number of carbonyl (C=O) groups is 1. The van der Waals surface area contributed by atoms with Gasteiger partial charge < -0.3 is 20.3 Å². The maximum Gasteiger partial charge on any atom is 0.612 e. The molecular formula is C17H21B2FN4O8P+. The zero-order valence-electron chi connectivity index (χ0n) is 17.9. The van der Waals surface area contributed by atoms with Crippen LogP contribution in [0.2, 0.25) is 0 Å². The van der Waals surface area contributed by atoms with E-state index < -0.39 is 72.7 Å². The highest BCUT2D eigenvalue weighted by molar-refractivity contribution is 7.37. The van der Waals surface area contributed by atoms with Gasteiger partial charge >= 0.3 is 19.8 Å². The summed E-state index contributed by atoms with van der Waals surface area (Å²) in [5, 5.41) is 10.4. The Morgan fingerprint density at radius 3 is 2.67 bits per heavy atom. The van der Waals surface area contributed by atoms with Crippen molar-refractivity contribution in [1.82, 2.24) is 14.6 Å². The maximum absolute atomic E-state index is 13.8. The number of H-pyrrole nitrogens is 1. The van der Waals surface area contributed by atoms with Gasteiger partial charge in [-0.15, -0.1) is 10.9 Å². The molecule has 0 saturated carbocycles. The van der Waals surface area contributed by atoms with Crippen LogP contribution in [0.4, 0.5) is 4.39 Å². The van der Waals surface area contributed by atoms with E-state index in [0.29, 0.717) is 10.8 Å². The number of aliphatic hydroxyl groups is 1. The van der Waals surface area contributed by atoms with Gasteiger partial charge in [-0.05, 0) is 25.3 Å². The van der Waals surface area contributed by atoms with Gasteiger partial charge in [-0.1, -0.05) is 11.0 Å². The molecule has 0 aliphatic carbocycles. The summed E-state index contributed by atoms with van der Waals surface area (Å²) < 4.78 is 42.0. The highest BCUT2D eigenvalue weighted by atomic mass is 31.1. The van der Waals surface area contributed by atoms with E-state index in [0.717, 1.165) is 0 Å². The minimum absolute atomic E-state index is 0.426. The molecule has 1 saturated heterocycles. The molecule has 3 unspecified atom stereocenters. The van der Waals surface area contributed by atoms with Gasteiger partial charge in [0, 0.05) is 0 Å². The lowest BCUT2D eigenvalue weighted by Gasteiger charge is -2.30. The Kier molecular flexibility index (Phi) is 8.06. The summed E-state index contributed by atoms with van der Waals surface area (Å²) in [6.45, 7) is 4.57. The summed E-state index contributed by atoms with van der Waals surface area (Å²) in [6, 6.07) is -1.09. The molecule has 1 aromatic heterocycles. The van der Waals surface area contributed by atoms with Crippen molar-refractivity contribution in [3.8, 4) is 12.3 Å². The van der Waals surface area contributed by atoms with E-state index in [1.807, 2.05) is 5.92 Å². The van der Waals surface area contributed by atoms with Crippen molar-refractivity contribution in [2.45, 2.75) is 62.3 Å². The summed E-state index contributed by atoms with van der Waals surface area (Å²) >= 11 is 0. The van der Waals surface area contributed by atoms with Gasteiger partial charge in [0.2, 0.25) is 5.82 Å². The first-order chi connectivity index (χ1) is 15.1. The first-order valence-corrected chi connectivity index (χ1v) is 10.6. The monoisotopic (exact) mass is 481 g/mol. The zero-order chi connectivity index (χ0) is 25.3. The molecule has 16 heteroatoms. The second-order valence-corrected chi connectivity index (χ2v) is 8.57. The summed E-state index contributed by atoms with van der Waals surface area (Å²) in [5.74, 6) is -0.0692. The topological polar surface area (TPSA) is 175 Å². The average Bonchev–Trinajstić information content (AvgIpc) is 2.96. The van der Waals surface area contributed by atoms with Crippen LogP contribution < -0.4 is 22.1 Å². The molecule has 6 atom stereocenters. The summed E-state index contributed by atoms with van der Waals surface area (Å²) in [7, 11) is 8.75. The molecule has 33 heavy (non-hydrogen) atoms. The van der Waals surface area contributed by atoms with Crippen LogP contribution in [0.1, 0.15) is 27.0 Å². The zero-order valence-corrected chi connectivity index (χ0v) is 18.7. The molecule has 0 aromatic carbocycles. The van der Waals surface area contributed by atoms with Crippen LogP contribution in [0.5, 0.6) is 0 Å². The predicted molar refractivity (Wildman–Crippen MR) is 114 cm³/mol. The maximum atomic E-state index is 13.8. The number of nitrogens with zero attached hydrogens (tertiary/aromatic N) is 1. The molecule has 5 N–H and O–H groups in total. The first kappa shape index (κ1) is 26.9. The van der Waals surface area contributed by atoms with E-state index >= 15 is 0 Å². The average molecular weight is 481 g/mol. The number of halogens is 1. The second-order valence-electron chi connectivity index (χ2n) is 7.61. The summed E-state index contributed by atoms with van der Waals surface area (Å²) in [4.78, 5) is 37.0. The lowest BCUT2D eigenvalue weighted by molar-refractivity contribution is -0.149. The van der Waals surface area contributed by atoms with E-state index in [1.165, 1.54) is 6.92 Å². The van der Waals surface area contributed by atoms with Crippen LogP contribution in [-0.4, -0.2) is 71.6 Å². The minimum Gasteiger partial charge on any atom is -0.462 e. The van der Waals surface area contributed by atoms with Crippen LogP contribution in [0.25, 0.3) is 0 Å². The number of esters is 1. The minimum atomic E-state index is -2.93. The fourth-order valence-electron chi connectivity index (χ4n) is 2.93. The Balaban J connectivity index is 2.27. The van der Waals surface area contributed by atoms with Gasteiger partial charge in [-0.3, -0.25) is 19.1 Å². The number of nitrogens with one attached hydrogen (secondary N) is 2. The van der Waals surface area contributed by atoms with E-state index in [-0.39, 0.29) is 0 Å². The Bertz CT molecular complexity index is 1090. The van der Waals surface area contributed by atoms with Crippen molar-refractivity contribution in [1.29, 1.82) is 0 Å². The molecule has 2 rings (SSSR count). The molecule has 1 aromatic rings. The third-order valence-corrected chi connectivity index (χ3v) is 5.66. The van der Waals surface area contributed by atoms with Crippen molar-refractivity contribution in [3.05, 3.63) is 32.9 Å². The van der Waals surface area contributed by atoms with Crippen LogP contribution in [0.3, 0.4) is 0 Å². The second kappa shape index (κ2) is 9.89. The Morgan fingerprint density at radius 1 is 1.52 bits per heavy atom. The lowest BCUT2D eigenvalue weighted by Crippen LogP contribution is -2.58. The fraction of sp³-hybridized carbons (Fsp3) is 0.588. The van der Waals surface area contributed by atoms with Crippen LogP contribution >= 0.6 is 8.18 Å². The van der Waals surface area contributed by atoms with Crippen molar-refractivity contribution < 1.29 is 32.9 Å². The van der Waals surface area contributed by atoms with Gasteiger partial charge in [-0.25, -0.2) is 4.79 Å². The molecular weight excluding hydrogens is 460 g/mol. The Morgan fingerprint density at radius 2 is 2.12 bits per heavy atom. The quantitative estimate of drug-likeness (QED) is 0.139. The predicted octanol–water partition coefficient (Wildman–Crippen LogP) is -2.14. The summed E-state index contributed by atoms with van der Waals surface area (Å²) in [5.41, 5.74) is 1.35. The van der Waals surface area contributed by atoms with E-state index in [9.17, 15) is 28.4 Å². The third kappa shape index (κ3) is 5.60. The molecule has 4 radical (unpaired) electrons. The number of rotatable bonds is 8. The Labute approximate surface area is 191 Å². The number of nitrogens with two attached hydrogens (primary N) is 1. The van der Waals surface area contributed by atoms with E-state index in [4.69, 9.17) is 41.8 Å². The van der Waals surface area contributed by atoms with E-state index in [2.05, 4.69) is 5.09 Å². The van der Waals surface area contributed by atoms with Crippen LogP contribution in [0, 0.1) is 18.2 Å². The molecule has 1 aliphatic heterocycles. The van der Waals surface area contributed by atoms with Gasteiger partial charge in [0.15, 0.2) is 11.8 Å². The largest absolute Gasteiger partial charge is 0.612 e. The molecule has 1 fully saturated rings. The number of aromatic nitrogens is 2. The Hall–Kier alpha value is -2.33. The van der Waals surface area contributed by atoms with Crippen molar-refractivity contribution >= 4 is 29.8 Å². The van der Waals surface area contributed by atoms with Crippen LogP contribution in [0.15, 0.2) is 15.8 Å². The van der Waals surface area contributed by atoms with Gasteiger partial charge in [0.1, 0.15) is 33.9 Å². The van der Waals surface area contributed by atoms with Gasteiger partial charge in [-0.2, -0.15) is 4.39 Å². The van der Waals surface area contributed by atoms with E-state index in [1.54, 1.807) is 18.8 Å². The summed E-state index contributed by atoms with van der Waals surface area (Å²) in [6.07, 6.45) is -0.0279. The highest BCUT2D eigenvalue weighted by Gasteiger charge is 2.60. The van der Waals surface area contributed by atoms with Gasteiger partial charge in [0.25, 0.3) is 5.56 Å². The third-order valence-electron chi connectivity index (χ3n) is 4.58. The van der Waals surface area contributed by atoms with Crippen molar-refractivity contribution in [3.63, 3.8) is 0 Å². The lowest BCUT2D eigenvalue weighted by atomic mass is 9.60. The standard InChI is InChI=1S/C17H20B2FN4O8P/c1-5-16(21)10(25)11(31-14(16)24-6-9(20)12(26)22-15(24)28)17(18,19)32-33(29)23-8(4)13(27)30-7(2)3/h1,6-8,10-11,14,25H,21H2,2-4H3,(H-,22,23,26,28,29)/p+1/t8-,10-,11?,14+,16?/m0/s1. The molecule has 0 amide bonds.